The zero-order chi connectivity index (χ0) is 8.65. The van der Waals surface area contributed by atoms with Crippen molar-refractivity contribution in [3.8, 4) is 0 Å². The topological polar surface area (TPSA) is 20.3 Å². The largest absolute Gasteiger partial charge is 0.330 e. The summed E-state index contributed by atoms with van der Waals surface area (Å²) < 4.78 is 0. The molecule has 0 unspecified atom stereocenters. The van der Waals surface area contributed by atoms with Gasteiger partial charge in [0.25, 0.3) is 0 Å². The number of nitrogens with zero attached hydrogens (tertiary/aromatic N) is 1. The minimum Gasteiger partial charge on any atom is -0.330 e. The van der Waals surface area contributed by atoms with Crippen LogP contribution < -0.4 is 0 Å². The molecule has 11 heavy (non-hydrogen) atoms. The van der Waals surface area contributed by atoms with Crippen molar-refractivity contribution in [1.82, 2.24) is 4.90 Å². The van der Waals surface area contributed by atoms with Crippen molar-refractivity contribution in [2.75, 3.05) is 6.54 Å². The van der Waals surface area contributed by atoms with E-state index >= 15 is 0 Å². The Labute approximate surface area is 67.9 Å². The van der Waals surface area contributed by atoms with Crippen LogP contribution in [0.5, 0.6) is 0 Å². The normalized spacial score (nSPS) is 19.1. The summed E-state index contributed by atoms with van der Waals surface area (Å²) in [6, 6.07) is 0. The fourth-order valence-electron chi connectivity index (χ4n) is 1.23. The van der Waals surface area contributed by atoms with E-state index in [0.717, 1.165) is 12.1 Å². The van der Waals surface area contributed by atoms with Crippen LogP contribution in [0.25, 0.3) is 0 Å². The summed E-state index contributed by atoms with van der Waals surface area (Å²) in [6.45, 7) is 8.94. The molecule has 0 aromatic carbocycles. The van der Waals surface area contributed by atoms with Gasteiger partial charge in [-0.2, -0.15) is 0 Å². The molecule has 0 aliphatic carbocycles. The molecule has 2 nitrogen and oxygen atoms in total. The van der Waals surface area contributed by atoms with Gasteiger partial charge in [0.2, 0.25) is 5.91 Å². The van der Waals surface area contributed by atoms with Gasteiger partial charge in [0, 0.05) is 18.2 Å². The van der Waals surface area contributed by atoms with Gasteiger partial charge in [-0.1, -0.05) is 0 Å². The quantitative estimate of drug-likeness (QED) is 0.517. The smallest absolute Gasteiger partial charge is 0.247 e. The molecule has 0 aromatic rings. The highest BCUT2D eigenvalue weighted by atomic mass is 16.2. The van der Waals surface area contributed by atoms with Crippen molar-refractivity contribution >= 4 is 5.91 Å². The first-order valence-electron chi connectivity index (χ1n) is 3.90. The van der Waals surface area contributed by atoms with Gasteiger partial charge >= 0.3 is 0 Å². The predicted octanol–water partition coefficient (Wildman–Crippen LogP) is 1.57. The molecule has 0 fully saturated rings. The summed E-state index contributed by atoms with van der Waals surface area (Å²) in [7, 11) is 0. The average molecular weight is 153 g/mol. The van der Waals surface area contributed by atoms with E-state index in [1.165, 1.54) is 0 Å². The maximum absolute atomic E-state index is 11.3. The molecule has 0 N–H and O–H groups in total. The summed E-state index contributed by atoms with van der Waals surface area (Å²) in [5.41, 5.74) is 1.12. The molecule has 0 aromatic heterocycles. The predicted molar refractivity (Wildman–Crippen MR) is 45.2 cm³/mol. The van der Waals surface area contributed by atoms with Gasteiger partial charge in [-0.15, -0.1) is 0 Å². The van der Waals surface area contributed by atoms with E-state index in [1.807, 2.05) is 11.8 Å². The van der Waals surface area contributed by atoms with Crippen LogP contribution in [0.15, 0.2) is 11.6 Å². The fourth-order valence-corrected chi connectivity index (χ4v) is 1.23. The van der Waals surface area contributed by atoms with Gasteiger partial charge in [-0.05, 0) is 33.3 Å². The molecule has 2 heteroatoms. The first-order chi connectivity index (χ1) is 4.91. The molecule has 0 saturated carbocycles. The van der Waals surface area contributed by atoms with Crippen LogP contribution in [0.4, 0.5) is 0 Å². The van der Waals surface area contributed by atoms with Crippen LogP contribution in [0.2, 0.25) is 0 Å². The maximum atomic E-state index is 11.3. The summed E-state index contributed by atoms with van der Waals surface area (Å²) in [6.07, 6.45) is 1.71. The second-order valence-electron chi connectivity index (χ2n) is 4.09. The van der Waals surface area contributed by atoms with E-state index in [4.69, 9.17) is 0 Å². The van der Waals surface area contributed by atoms with Gasteiger partial charge in [0.1, 0.15) is 0 Å². The Bertz CT molecular complexity index is 210. The number of hydrogen-bond donors (Lipinski definition) is 0. The van der Waals surface area contributed by atoms with Gasteiger partial charge in [0.05, 0.1) is 0 Å². The van der Waals surface area contributed by atoms with Gasteiger partial charge < -0.3 is 4.90 Å². The standard InChI is InChI=1S/C9H15NO/c1-7-5-8(11)10(6-7)9(2,3)4/h5H,6H2,1-4H3. The zero-order valence-electron chi connectivity index (χ0n) is 7.64. The van der Waals surface area contributed by atoms with E-state index in [2.05, 4.69) is 20.8 Å². The Morgan fingerprint density at radius 2 is 2.00 bits per heavy atom. The van der Waals surface area contributed by atoms with Crippen LogP contribution in [-0.2, 0) is 4.79 Å². The molecule has 0 atom stereocenters. The molecule has 62 valence electrons. The van der Waals surface area contributed by atoms with Crippen molar-refractivity contribution in [1.29, 1.82) is 0 Å². The molecule has 1 rings (SSSR count). The van der Waals surface area contributed by atoms with Crippen LogP contribution in [0, 0.1) is 0 Å². The van der Waals surface area contributed by atoms with Crippen molar-refractivity contribution in [2.45, 2.75) is 33.2 Å². The van der Waals surface area contributed by atoms with Gasteiger partial charge in [-0.25, -0.2) is 0 Å². The molecule has 0 saturated heterocycles. The second-order valence-corrected chi connectivity index (χ2v) is 4.09. The van der Waals surface area contributed by atoms with Crippen LogP contribution in [0.1, 0.15) is 27.7 Å². The number of rotatable bonds is 0. The zero-order valence-corrected chi connectivity index (χ0v) is 7.64. The lowest BCUT2D eigenvalue weighted by Gasteiger charge is -2.31. The van der Waals surface area contributed by atoms with Crippen molar-refractivity contribution in [3.63, 3.8) is 0 Å². The Morgan fingerprint density at radius 3 is 2.18 bits per heavy atom. The molecule has 0 spiro atoms. The van der Waals surface area contributed by atoms with Gasteiger partial charge in [-0.3, -0.25) is 4.79 Å². The van der Waals surface area contributed by atoms with E-state index in [1.54, 1.807) is 6.08 Å². The van der Waals surface area contributed by atoms with Crippen molar-refractivity contribution < 1.29 is 4.79 Å². The fraction of sp³-hybridized carbons (Fsp3) is 0.667. The number of carbonyl (C=O) groups is 1. The first-order valence-corrected chi connectivity index (χ1v) is 3.90. The highest BCUT2D eigenvalue weighted by molar-refractivity contribution is 5.91. The van der Waals surface area contributed by atoms with Crippen LogP contribution in [-0.4, -0.2) is 22.9 Å². The molecule has 0 radical (unpaired) electrons. The molecule has 1 aliphatic heterocycles. The number of amides is 1. The minimum atomic E-state index is -0.0364. The molecule has 0 bridgehead atoms. The van der Waals surface area contributed by atoms with Crippen LogP contribution >= 0.6 is 0 Å². The minimum absolute atomic E-state index is 0.0364. The number of carbonyl (C=O) groups excluding carboxylic acids is 1. The maximum Gasteiger partial charge on any atom is 0.247 e. The van der Waals surface area contributed by atoms with Gasteiger partial charge in [0.15, 0.2) is 0 Å². The summed E-state index contributed by atoms with van der Waals surface area (Å²) in [4.78, 5) is 13.2. The molecule has 1 heterocycles. The Balaban J connectivity index is 2.75. The molecular formula is C9H15NO. The van der Waals surface area contributed by atoms with Crippen LogP contribution in [0.3, 0.4) is 0 Å². The summed E-state index contributed by atoms with van der Waals surface area (Å²) >= 11 is 0. The lowest BCUT2D eigenvalue weighted by Crippen LogP contribution is -2.42. The molecule has 1 aliphatic rings. The summed E-state index contributed by atoms with van der Waals surface area (Å²) in [5.74, 6) is 0.148. The lowest BCUT2D eigenvalue weighted by atomic mass is 10.1. The SMILES string of the molecule is CC1=CC(=O)N(C(C)(C)C)C1. The highest BCUT2D eigenvalue weighted by Crippen LogP contribution is 2.20. The van der Waals surface area contributed by atoms with Crippen molar-refractivity contribution in [3.05, 3.63) is 11.6 Å². The van der Waals surface area contributed by atoms with Crippen molar-refractivity contribution in [2.24, 2.45) is 0 Å². The third-order valence-electron chi connectivity index (χ3n) is 1.85. The third kappa shape index (κ3) is 1.62. The highest BCUT2D eigenvalue weighted by Gasteiger charge is 2.28. The van der Waals surface area contributed by atoms with E-state index in [-0.39, 0.29) is 11.4 Å². The average Bonchev–Trinajstić information content (AvgIpc) is 2.08. The Hall–Kier alpha value is -0.790. The Morgan fingerprint density at radius 1 is 1.45 bits per heavy atom. The second kappa shape index (κ2) is 2.36. The summed E-state index contributed by atoms with van der Waals surface area (Å²) in [5, 5.41) is 0. The Kier molecular flexibility index (Phi) is 1.78. The monoisotopic (exact) mass is 153 g/mol. The number of hydrogen-bond acceptors (Lipinski definition) is 1. The van der Waals surface area contributed by atoms with E-state index in [0.29, 0.717) is 0 Å². The third-order valence-corrected chi connectivity index (χ3v) is 1.85. The lowest BCUT2D eigenvalue weighted by molar-refractivity contribution is -0.128. The van der Waals surface area contributed by atoms with E-state index < -0.39 is 0 Å². The molecule has 1 amide bonds. The first kappa shape index (κ1) is 8.31. The molecular weight excluding hydrogens is 138 g/mol. The van der Waals surface area contributed by atoms with E-state index in [9.17, 15) is 4.79 Å².